The van der Waals surface area contributed by atoms with Crippen LogP contribution in [0.5, 0.6) is 0 Å². The summed E-state index contributed by atoms with van der Waals surface area (Å²) in [5.41, 5.74) is 10.0. The Morgan fingerprint density at radius 3 is 1.35 bits per heavy atom. The maximum Gasteiger partial charge on any atom is -0.00199 e. The zero-order chi connectivity index (χ0) is 30.5. The third-order valence-corrected chi connectivity index (χ3v) is 9.44. The van der Waals surface area contributed by atoms with Gasteiger partial charge >= 0.3 is 0 Å². The van der Waals surface area contributed by atoms with Crippen LogP contribution in [0.3, 0.4) is 0 Å². The lowest BCUT2D eigenvalue weighted by molar-refractivity contribution is 1.63. The van der Waals surface area contributed by atoms with Gasteiger partial charge < -0.3 is 0 Å². The van der Waals surface area contributed by atoms with Crippen molar-refractivity contribution in [1.29, 1.82) is 0 Å². The lowest BCUT2D eigenvalue weighted by Gasteiger charge is -2.20. The first-order valence-electron chi connectivity index (χ1n) is 15.9. The van der Waals surface area contributed by atoms with E-state index in [1.807, 2.05) is 0 Å². The van der Waals surface area contributed by atoms with E-state index >= 15 is 0 Å². The minimum Gasteiger partial charge on any atom is -0.0622 e. The summed E-state index contributed by atoms with van der Waals surface area (Å²) in [6.07, 6.45) is 0. The molecule has 0 saturated carbocycles. The Morgan fingerprint density at radius 1 is 0.217 bits per heavy atom. The summed E-state index contributed by atoms with van der Waals surface area (Å²) < 4.78 is 0. The smallest absolute Gasteiger partial charge is 0.00199 e. The molecule has 9 rings (SSSR count). The first kappa shape index (κ1) is 26.4. The normalized spacial score (nSPS) is 11.5. The lowest BCUT2D eigenvalue weighted by Crippen LogP contribution is -1.92. The summed E-state index contributed by atoms with van der Waals surface area (Å²) in [5, 5.41) is 10.1. The third kappa shape index (κ3) is 4.30. The molecular formula is C46H30. The molecule has 0 spiro atoms. The van der Waals surface area contributed by atoms with Crippen LogP contribution in [0.1, 0.15) is 0 Å². The van der Waals surface area contributed by atoms with Crippen LogP contribution >= 0.6 is 0 Å². The second kappa shape index (κ2) is 10.9. The Labute approximate surface area is 268 Å². The Hall–Kier alpha value is -5.98. The molecule has 9 aromatic carbocycles. The van der Waals surface area contributed by atoms with Gasteiger partial charge in [-0.2, -0.15) is 0 Å². The molecule has 0 aliphatic rings. The van der Waals surface area contributed by atoms with Gasteiger partial charge in [0.1, 0.15) is 0 Å². The quantitative estimate of drug-likeness (QED) is 0.181. The van der Waals surface area contributed by atoms with Gasteiger partial charge in [0.2, 0.25) is 0 Å². The van der Waals surface area contributed by atoms with E-state index in [2.05, 4.69) is 182 Å². The maximum absolute atomic E-state index is 2.39. The molecule has 0 fully saturated rings. The van der Waals surface area contributed by atoms with Crippen molar-refractivity contribution in [2.45, 2.75) is 0 Å². The van der Waals surface area contributed by atoms with E-state index in [9.17, 15) is 0 Å². The van der Waals surface area contributed by atoms with Gasteiger partial charge in [-0.25, -0.2) is 0 Å². The predicted octanol–water partition coefficient (Wildman–Crippen LogP) is 13.0. The van der Waals surface area contributed by atoms with Crippen LogP contribution in [0.4, 0.5) is 0 Å². The van der Waals surface area contributed by atoms with Crippen molar-refractivity contribution >= 4 is 43.1 Å². The highest BCUT2D eigenvalue weighted by Crippen LogP contribution is 2.46. The molecule has 0 N–H and O–H groups in total. The highest BCUT2D eigenvalue weighted by atomic mass is 14.2. The minimum atomic E-state index is 1.23. The Bertz CT molecular complexity index is 2490. The van der Waals surface area contributed by atoms with Crippen LogP contribution < -0.4 is 0 Å². The Kier molecular flexibility index (Phi) is 6.25. The van der Waals surface area contributed by atoms with Gasteiger partial charge in [0.05, 0.1) is 0 Å². The molecule has 0 heterocycles. The SMILES string of the molecule is c1ccc(-c2cc(-c3c4ccccc4c(-c4ccc(-c5cccc6ccccc56)cc4)c4ccccc34)c3ccccc3c2)cc1. The molecule has 9 aromatic rings. The van der Waals surface area contributed by atoms with E-state index in [1.165, 1.54) is 87.6 Å². The first-order valence-corrected chi connectivity index (χ1v) is 15.9. The van der Waals surface area contributed by atoms with Crippen molar-refractivity contribution in [2.75, 3.05) is 0 Å². The molecule has 214 valence electrons. The molecule has 0 radical (unpaired) electrons. The number of fused-ring (bicyclic) bond motifs is 4. The summed E-state index contributed by atoms with van der Waals surface area (Å²) in [7, 11) is 0. The van der Waals surface area contributed by atoms with Crippen molar-refractivity contribution in [3.05, 3.63) is 182 Å². The topological polar surface area (TPSA) is 0 Å². The minimum absolute atomic E-state index is 1.23. The fourth-order valence-corrected chi connectivity index (χ4v) is 7.34. The molecule has 0 bridgehead atoms. The van der Waals surface area contributed by atoms with Crippen molar-refractivity contribution in [3.8, 4) is 44.5 Å². The fourth-order valence-electron chi connectivity index (χ4n) is 7.34. The van der Waals surface area contributed by atoms with Crippen LogP contribution in [-0.4, -0.2) is 0 Å². The lowest BCUT2D eigenvalue weighted by atomic mass is 9.83. The molecule has 0 nitrogen and oxygen atoms in total. The average molecular weight is 583 g/mol. The van der Waals surface area contributed by atoms with Crippen molar-refractivity contribution < 1.29 is 0 Å². The first-order chi connectivity index (χ1) is 22.8. The van der Waals surface area contributed by atoms with Crippen LogP contribution in [0.15, 0.2) is 182 Å². The van der Waals surface area contributed by atoms with Crippen LogP contribution in [0.25, 0.3) is 87.6 Å². The highest BCUT2D eigenvalue weighted by molar-refractivity contribution is 6.24. The van der Waals surface area contributed by atoms with Crippen molar-refractivity contribution in [1.82, 2.24) is 0 Å². The molecule has 0 heteroatoms. The number of hydrogen-bond acceptors (Lipinski definition) is 0. The Morgan fingerprint density at radius 2 is 0.696 bits per heavy atom. The van der Waals surface area contributed by atoms with Gasteiger partial charge in [-0.1, -0.05) is 170 Å². The molecular weight excluding hydrogens is 553 g/mol. The zero-order valence-electron chi connectivity index (χ0n) is 25.3. The second-order valence-corrected chi connectivity index (χ2v) is 12.1. The van der Waals surface area contributed by atoms with E-state index in [0.717, 1.165) is 0 Å². The van der Waals surface area contributed by atoms with Gasteiger partial charge in [-0.3, -0.25) is 0 Å². The molecule has 0 amide bonds. The van der Waals surface area contributed by atoms with Gasteiger partial charge in [0, 0.05) is 0 Å². The predicted molar refractivity (Wildman–Crippen MR) is 198 cm³/mol. The summed E-state index contributed by atoms with van der Waals surface area (Å²) in [6, 6.07) is 66.5. The highest BCUT2D eigenvalue weighted by Gasteiger charge is 2.19. The van der Waals surface area contributed by atoms with E-state index in [1.54, 1.807) is 0 Å². The van der Waals surface area contributed by atoms with Gasteiger partial charge in [0.15, 0.2) is 0 Å². The van der Waals surface area contributed by atoms with Crippen molar-refractivity contribution in [2.24, 2.45) is 0 Å². The maximum atomic E-state index is 2.39. The third-order valence-electron chi connectivity index (χ3n) is 9.44. The summed E-state index contributed by atoms with van der Waals surface area (Å²) >= 11 is 0. The second-order valence-electron chi connectivity index (χ2n) is 12.1. The van der Waals surface area contributed by atoms with Crippen molar-refractivity contribution in [3.63, 3.8) is 0 Å². The summed E-state index contributed by atoms with van der Waals surface area (Å²) in [4.78, 5) is 0. The molecule has 0 aliphatic carbocycles. The molecule has 0 atom stereocenters. The largest absolute Gasteiger partial charge is 0.0622 e. The molecule has 46 heavy (non-hydrogen) atoms. The van der Waals surface area contributed by atoms with E-state index in [0.29, 0.717) is 0 Å². The zero-order valence-corrected chi connectivity index (χ0v) is 25.3. The summed E-state index contributed by atoms with van der Waals surface area (Å²) in [6.45, 7) is 0. The van der Waals surface area contributed by atoms with Crippen LogP contribution in [0, 0.1) is 0 Å². The molecule has 0 unspecified atom stereocenters. The van der Waals surface area contributed by atoms with Gasteiger partial charge in [0.25, 0.3) is 0 Å². The number of benzene rings is 9. The van der Waals surface area contributed by atoms with E-state index in [-0.39, 0.29) is 0 Å². The fraction of sp³-hybridized carbons (Fsp3) is 0. The standard InChI is InChI=1S/C46H30/c1-2-13-31(14-3-1)36-29-35-16-5-7-19-39(35)44(30-36)46-42-22-10-8-20-40(42)45(41-21-9-11-23-43(41)46)34-27-25-33(26-28-34)38-24-12-17-32-15-4-6-18-37(32)38/h1-30H. The molecule has 0 aliphatic heterocycles. The number of hydrogen-bond donors (Lipinski definition) is 0. The van der Waals surface area contributed by atoms with E-state index < -0.39 is 0 Å². The van der Waals surface area contributed by atoms with Crippen LogP contribution in [-0.2, 0) is 0 Å². The number of rotatable bonds is 4. The summed E-state index contributed by atoms with van der Waals surface area (Å²) in [5.74, 6) is 0. The van der Waals surface area contributed by atoms with E-state index in [4.69, 9.17) is 0 Å². The molecule has 0 saturated heterocycles. The van der Waals surface area contributed by atoms with Crippen LogP contribution in [0.2, 0.25) is 0 Å². The van der Waals surface area contributed by atoms with Gasteiger partial charge in [-0.15, -0.1) is 0 Å². The monoisotopic (exact) mass is 582 g/mol. The van der Waals surface area contributed by atoms with Gasteiger partial charge in [-0.05, 0) is 99.7 Å². The average Bonchev–Trinajstić information content (AvgIpc) is 3.13. The Balaban J connectivity index is 1.30. The molecule has 0 aromatic heterocycles.